The van der Waals surface area contributed by atoms with Crippen molar-refractivity contribution in [2.24, 2.45) is 0 Å². The third-order valence-corrected chi connectivity index (χ3v) is 3.80. The molecule has 0 bridgehead atoms. The minimum atomic E-state index is -3.61. The summed E-state index contributed by atoms with van der Waals surface area (Å²) in [6.45, 7) is 2.19. The molecule has 1 amide bonds. The normalized spacial score (nSPS) is 11.2. The molecule has 20 heavy (non-hydrogen) atoms. The van der Waals surface area contributed by atoms with Crippen LogP contribution in [0.25, 0.3) is 0 Å². The molecule has 112 valence electrons. The number of carbonyl (C=O) groups excluding carboxylic acids is 1. The topological polar surface area (TPSA) is 66.5 Å². The zero-order valence-corrected chi connectivity index (χ0v) is 12.4. The van der Waals surface area contributed by atoms with Gasteiger partial charge in [-0.25, -0.2) is 12.8 Å². The van der Waals surface area contributed by atoms with Crippen molar-refractivity contribution in [2.75, 3.05) is 23.7 Å². The molecule has 0 unspecified atom stereocenters. The molecule has 0 saturated heterocycles. The van der Waals surface area contributed by atoms with E-state index in [0.29, 0.717) is 6.54 Å². The van der Waals surface area contributed by atoms with Crippen LogP contribution in [0.15, 0.2) is 24.3 Å². The Morgan fingerprint density at radius 3 is 2.40 bits per heavy atom. The van der Waals surface area contributed by atoms with Crippen molar-refractivity contribution in [2.45, 2.75) is 19.8 Å². The van der Waals surface area contributed by atoms with E-state index in [9.17, 15) is 17.6 Å². The van der Waals surface area contributed by atoms with Gasteiger partial charge in [0.1, 0.15) is 12.4 Å². The van der Waals surface area contributed by atoms with Crippen LogP contribution in [0.4, 0.5) is 10.1 Å². The Morgan fingerprint density at radius 2 is 1.90 bits per heavy atom. The molecule has 1 N–H and O–H groups in total. The van der Waals surface area contributed by atoms with Gasteiger partial charge in [0.05, 0.1) is 11.9 Å². The summed E-state index contributed by atoms with van der Waals surface area (Å²) >= 11 is 0. The second-order valence-corrected chi connectivity index (χ2v) is 6.36. The first-order valence-corrected chi connectivity index (χ1v) is 8.19. The number of hydrogen-bond acceptors (Lipinski definition) is 3. The van der Waals surface area contributed by atoms with Gasteiger partial charge in [-0.2, -0.15) is 0 Å². The highest BCUT2D eigenvalue weighted by atomic mass is 32.2. The molecule has 0 aliphatic carbocycles. The van der Waals surface area contributed by atoms with Crippen LogP contribution in [-0.2, 0) is 14.8 Å². The molecule has 0 fully saturated rings. The van der Waals surface area contributed by atoms with E-state index in [1.807, 2.05) is 6.92 Å². The summed E-state index contributed by atoms with van der Waals surface area (Å²) in [4.78, 5) is 11.7. The van der Waals surface area contributed by atoms with Crippen molar-refractivity contribution in [1.82, 2.24) is 5.32 Å². The molecular weight excluding hydrogens is 283 g/mol. The molecule has 0 radical (unpaired) electrons. The van der Waals surface area contributed by atoms with Gasteiger partial charge in [0, 0.05) is 6.54 Å². The number of sulfonamides is 1. The maximum atomic E-state index is 12.9. The molecule has 0 saturated carbocycles. The minimum Gasteiger partial charge on any atom is -0.355 e. The van der Waals surface area contributed by atoms with E-state index in [1.54, 1.807) is 0 Å². The maximum Gasteiger partial charge on any atom is 0.240 e. The molecule has 7 heteroatoms. The lowest BCUT2D eigenvalue weighted by molar-refractivity contribution is -0.119. The van der Waals surface area contributed by atoms with E-state index in [2.05, 4.69) is 5.32 Å². The van der Waals surface area contributed by atoms with Gasteiger partial charge in [-0.3, -0.25) is 9.10 Å². The summed E-state index contributed by atoms with van der Waals surface area (Å²) in [6.07, 6.45) is 2.78. The highest BCUT2D eigenvalue weighted by molar-refractivity contribution is 7.92. The minimum absolute atomic E-state index is 0.263. The Labute approximate surface area is 118 Å². The fourth-order valence-corrected chi connectivity index (χ4v) is 2.45. The van der Waals surface area contributed by atoms with E-state index in [1.165, 1.54) is 12.1 Å². The summed E-state index contributed by atoms with van der Waals surface area (Å²) in [7, 11) is -3.61. The second-order valence-electron chi connectivity index (χ2n) is 4.45. The standard InChI is InChI=1S/C13H19FN2O3S/c1-3-4-9-15-13(17)10-16(20(2,18)19)12-7-5-11(14)6-8-12/h5-8H,3-4,9-10H2,1-2H3,(H,15,17). The molecule has 0 atom stereocenters. The zero-order chi connectivity index (χ0) is 15.2. The largest absolute Gasteiger partial charge is 0.355 e. The summed E-state index contributed by atoms with van der Waals surface area (Å²) in [5.74, 6) is -0.845. The van der Waals surface area contributed by atoms with Crippen LogP contribution in [0.3, 0.4) is 0 Å². The number of nitrogens with one attached hydrogen (secondary N) is 1. The van der Waals surface area contributed by atoms with Crippen LogP contribution in [0.2, 0.25) is 0 Å². The lowest BCUT2D eigenvalue weighted by Gasteiger charge is -2.21. The van der Waals surface area contributed by atoms with Crippen LogP contribution in [0, 0.1) is 5.82 Å². The first-order chi connectivity index (χ1) is 9.34. The number of halogens is 1. The lowest BCUT2D eigenvalue weighted by atomic mass is 10.3. The molecular formula is C13H19FN2O3S. The summed E-state index contributed by atoms with van der Waals surface area (Å²) in [5.41, 5.74) is 0.263. The molecule has 5 nitrogen and oxygen atoms in total. The Kier molecular flexibility index (Phi) is 5.94. The number of amides is 1. The van der Waals surface area contributed by atoms with Crippen LogP contribution in [0.1, 0.15) is 19.8 Å². The monoisotopic (exact) mass is 302 g/mol. The van der Waals surface area contributed by atoms with Crippen molar-refractivity contribution in [3.8, 4) is 0 Å². The lowest BCUT2D eigenvalue weighted by Crippen LogP contribution is -2.40. The van der Waals surface area contributed by atoms with Gasteiger partial charge in [-0.1, -0.05) is 13.3 Å². The van der Waals surface area contributed by atoms with E-state index in [4.69, 9.17) is 0 Å². The van der Waals surface area contributed by atoms with Gasteiger partial charge in [0.25, 0.3) is 0 Å². The van der Waals surface area contributed by atoms with Crippen LogP contribution in [0.5, 0.6) is 0 Å². The van der Waals surface area contributed by atoms with Gasteiger partial charge < -0.3 is 5.32 Å². The zero-order valence-electron chi connectivity index (χ0n) is 11.6. The van der Waals surface area contributed by atoms with E-state index in [-0.39, 0.29) is 18.1 Å². The first kappa shape index (κ1) is 16.4. The predicted molar refractivity (Wildman–Crippen MR) is 76.5 cm³/mol. The SMILES string of the molecule is CCCCNC(=O)CN(c1ccc(F)cc1)S(C)(=O)=O. The Hall–Kier alpha value is -1.63. The smallest absolute Gasteiger partial charge is 0.240 e. The Balaban J connectivity index is 2.81. The van der Waals surface area contributed by atoms with Gasteiger partial charge in [-0.05, 0) is 30.7 Å². The number of nitrogens with zero attached hydrogens (tertiary/aromatic N) is 1. The number of carbonyl (C=O) groups is 1. The van der Waals surface area contributed by atoms with E-state index in [0.717, 1.165) is 35.5 Å². The van der Waals surface area contributed by atoms with E-state index >= 15 is 0 Å². The van der Waals surface area contributed by atoms with Crippen molar-refractivity contribution < 1.29 is 17.6 Å². The molecule has 1 aromatic carbocycles. The van der Waals surface area contributed by atoms with Crippen molar-refractivity contribution in [1.29, 1.82) is 0 Å². The Bertz CT molecular complexity index is 543. The average molecular weight is 302 g/mol. The van der Waals surface area contributed by atoms with Crippen molar-refractivity contribution >= 4 is 21.6 Å². The molecule has 0 aliphatic rings. The first-order valence-electron chi connectivity index (χ1n) is 6.34. The van der Waals surface area contributed by atoms with Crippen molar-refractivity contribution in [3.63, 3.8) is 0 Å². The Morgan fingerprint density at radius 1 is 1.30 bits per heavy atom. The van der Waals surface area contributed by atoms with Gasteiger partial charge in [0.15, 0.2) is 0 Å². The number of hydrogen-bond donors (Lipinski definition) is 1. The number of anilines is 1. The number of benzene rings is 1. The molecule has 0 aromatic heterocycles. The predicted octanol–water partition coefficient (Wildman–Crippen LogP) is 1.51. The molecule has 1 rings (SSSR count). The third kappa shape index (κ3) is 5.16. The van der Waals surface area contributed by atoms with Gasteiger partial charge in [0.2, 0.25) is 15.9 Å². The third-order valence-electron chi connectivity index (χ3n) is 2.65. The summed E-state index contributed by atoms with van der Waals surface area (Å²) in [5, 5.41) is 2.65. The van der Waals surface area contributed by atoms with Gasteiger partial charge in [-0.15, -0.1) is 0 Å². The number of unbranched alkanes of at least 4 members (excludes halogenated alkanes) is 1. The van der Waals surface area contributed by atoms with Crippen LogP contribution >= 0.6 is 0 Å². The fourth-order valence-electron chi connectivity index (χ4n) is 1.60. The highest BCUT2D eigenvalue weighted by Crippen LogP contribution is 2.17. The number of rotatable bonds is 7. The maximum absolute atomic E-state index is 12.9. The quantitative estimate of drug-likeness (QED) is 0.776. The summed E-state index contributed by atoms with van der Waals surface area (Å²) < 4.78 is 37.3. The molecule has 0 heterocycles. The van der Waals surface area contributed by atoms with Crippen LogP contribution in [-0.4, -0.2) is 33.7 Å². The molecule has 1 aromatic rings. The van der Waals surface area contributed by atoms with Crippen LogP contribution < -0.4 is 9.62 Å². The highest BCUT2D eigenvalue weighted by Gasteiger charge is 2.20. The van der Waals surface area contributed by atoms with Gasteiger partial charge >= 0.3 is 0 Å². The van der Waals surface area contributed by atoms with Crippen molar-refractivity contribution in [3.05, 3.63) is 30.1 Å². The molecule has 0 spiro atoms. The molecule has 0 aliphatic heterocycles. The summed E-state index contributed by atoms with van der Waals surface area (Å²) in [6, 6.07) is 4.97. The fraction of sp³-hybridized carbons (Fsp3) is 0.462. The second kappa shape index (κ2) is 7.23. The van der Waals surface area contributed by atoms with E-state index < -0.39 is 15.8 Å². The average Bonchev–Trinajstić information content (AvgIpc) is 2.36.